The first-order valence-electron chi connectivity index (χ1n) is 11.3. The van der Waals surface area contributed by atoms with Crippen molar-refractivity contribution in [3.05, 3.63) is 120 Å². The predicted octanol–water partition coefficient (Wildman–Crippen LogP) is 8.19. The van der Waals surface area contributed by atoms with Crippen LogP contribution in [-0.2, 0) is 0 Å². The first-order chi connectivity index (χ1) is 21.0. The molecule has 1 saturated carbocycles. The summed E-state index contributed by atoms with van der Waals surface area (Å²) in [6, 6.07) is 2.78. The highest BCUT2D eigenvalue weighted by Gasteiger charge is 2.46. The maximum Gasteiger partial charge on any atom is 0.200 e. The molecule has 4 rings (SSSR count). The van der Waals surface area contributed by atoms with Gasteiger partial charge in [-0.3, -0.25) is 0 Å². The Morgan fingerprint density at radius 1 is 0.333 bits per heavy atom. The van der Waals surface area contributed by atoms with E-state index in [9.17, 15) is 77.3 Å². The molecule has 0 spiro atoms. The van der Waals surface area contributed by atoms with Crippen molar-refractivity contribution in [2.24, 2.45) is 0 Å². The lowest BCUT2D eigenvalue weighted by Gasteiger charge is -2.09. The fraction of sp³-hybridized carbons (Fsp3) is 0.0357. The number of rotatable bonds is 3. The van der Waals surface area contributed by atoms with Crippen molar-refractivity contribution < 1.29 is 61.5 Å². The van der Waals surface area contributed by atoms with Crippen LogP contribution in [0.2, 0.25) is 0 Å². The molecule has 0 aliphatic heterocycles. The van der Waals surface area contributed by atoms with Crippen LogP contribution < -0.4 is 0 Å². The molecule has 17 heteroatoms. The topological polar surface area (TPSA) is 71.4 Å². The molecule has 228 valence electrons. The van der Waals surface area contributed by atoms with E-state index in [0.29, 0.717) is 6.92 Å². The zero-order valence-electron chi connectivity index (χ0n) is 21.1. The highest BCUT2D eigenvalue weighted by atomic mass is 19.2. The molecule has 45 heavy (non-hydrogen) atoms. The molecule has 0 radical (unpaired) electrons. The van der Waals surface area contributed by atoms with E-state index in [1.807, 2.05) is 0 Å². The average Bonchev–Trinajstić information content (AvgIpc) is 3.74. The molecule has 0 unspecified atom stereocenters. The molecule has 1 aliphatic carbocycles. The second kappa shape index (κ2) is 11.1. The molecule has 0 N–H and O–H groups in total. The summed E-state index contributed by atoms with van der Waals surface area (Å²) in [7, 11) is 0. The summed E-state index contributed by atoms with van der Waals surface area (Å²) in [4.78, 5) is 0. The van der Waals surface area contributed by atoms with E-state index in [4.69, 9.17) is 0 Å². The molecular formula is C28H3F14N3. The van der Waals surface area contributed by atoms with Gasteiger partial charge in [-0.15, -0.1) is 0 Å². The summed E-state index contributed by atoms with van der Waals surface area (Å²) in [6.45, 7) is 0.529. The van der Waals surface area contributed by atoms with Crippen molar-refractivity contribution in [3.8, 4) is 18.2 Å². The van der Waals surface area contributed by atoms with Gasteiger partial charge in [0.2, 0.25) is 11.6 Å². The van der Waals surface area contributed by atoms with Crippen molar-refractivity contribution in [1.82, 2.24) is 0 Å². The van der Waals surface area contributed by atoms with Gasteiger partial charge < -0.3 is 0 Å². The monoisotopic (exact) mass is 647 g/mol. The van der Waals surface area contributed by atoms with Crippen molar-refractivity contribution in [3.63, 3.8) is 0 Å². The van der Waals surface area contributed by atoms with Crippen LogP contribution in [0, 0.1) is 122 Å². The first kappa shape index (κ1) is 32.3. The molecule has 0 atom stereocenters. The fourth-order valence-corrected chi connectivity index (χ4v) is 4.26. The lowest BCUT2D eigenvalue weighted by atomic mass is 9.99. The maximum atomic E-state index is 14.9. The number of halogens is 14. The smallest absolute Gasteiger partial charge is 0.200 e. The quantitative estimate of drug-likeness (QED) is 0.125. The van der Waals surface area contributed by atoms with Crippen molar-refractivity contribution in [2.75, 3.05) is 0 Å². The van der Waals surface area contributed by atoms with E-state index in [2.05, 4.69) is 0 Å². The predicted molar refractivity (Wildman–Crippen MR) is 121 cm³/mol. The van der Waals surface area contributed by atoms with Crippen molar-refractivity contribution in [1.29, 1.82) is 15.8 Å². The Labute approximate surface area is 240 Å². The van der Waals surface area contributed by atoms with Gasteiger partial charge in [0.25, 0.3) is 0 Å². The largest absolute Gasteiger partial charge is 0.203 e. The second-order valence-electron chi connectivity index (χ2n) is 8.73. The SMILES string of the molecule is Cc1c(F)c(F)c(/C(C#N)=C2/C(=C(C#N)c3c(F)c(F)c(F)c(F)c3F)/C2=C(/C#N)c2c(F)c(F)c(F)c(F)c2F)c(F)c1F. The van der Waals surface area contributed by atoms with Gasteiger partial charge in [0.1, 0.15) is 18.2 Å². The Morgan fingerprint density at radius 3 is 0.711 bits per heavy atom. The zero-order chi connectivity index (χ0) is 34.0. The summed E-state index contributed by atoms with van der Waals surface area (Å²) >= 11 is 0. The van der Waals surface area contributed by atoms with Gasteiger partial charge in [-0.05, 0) is 6.92 Å². The Bertz CT molecular complexity index is 1800. The van der Waals surface area contributed by atoms with E-state index < -0.39 is 137 Å². The highest BCUT2D eigenvalue weighted by molar-refractivity contribution is 6.12. The van der Waals surface area contributed by atoms with E-state index in [-0.39, 0.29) is 0 Å². The zero-order valence-corrected chi connectivity index (χ0v) is 21.1. The number of benzene rings is 3. The van der Waals surface area contributed by atoms with Gasteiger partial charge in [-0.2, -0.15) is 15.8 Å². The van der Waals surface area contributed by atoms with Gasteiger partial charge in [-0.25, -0.2) is 61.5 Å². The molecule has 3 aromatic carbocycles. The molecule has 0 amide bonds. The van der Waals surface area contributed by atoms with Gasteiger partial charge in [0.15, 0.2) is 69.8 Å². The minimum absolute atomic E-state index is 0.529. The molecule has 0 aromatic heterocycles. The van der Waals surface area contributed by atoms with Gasteiger partial charge in [0.05, 0.1) is 33.4 Å². The highest BCUT2D eigenvalue weighted by Crippen LogP contribution is 2.57. The number of nitrogens with zero attached hydrogens (tertiary/aromatic N) is 3. The third-order valence-electron chi connectivity index (χ3n) is 6.43. The van der Waals surface area contributed by atoms with E-state index >= 15 is 0 Å². The summed E-state index contributed by atoms with van der Waals surface area (Å²) in [6.07, 6.45) is 0. The maximum absolute atomic E-state index is 14.9. The summed E-state index contributed by atoms with van der Waals surface area (Å²) in [5, 5.41) is 29.0. The van der Waals surface area contributed by atoms with E-state index in [1.54, 1.807) is 0 Å². The number of hydrogen-bond donors (Lipinski definition) is 0. The lowest BCUT2D eigenvalue weighted by Crippen LogP contribution is -2.07. The van der Waals surface area contributed by atoms with Crippen LogP contribution in [0.1, 0.15) is 22.3 Å². The number of allylic oxidation sites excluding steroid dienone is 6. The molecule has 3 aromatic rings. The van der Waals surface area contributed by atoms with Gasteiger partial charge in [0, 0.05) is 22.3 Å². The van der Waals surface area contributed by atoms with Gasteiger partial charge >= 0.3 is 0 Å². The fourth-order valence-electron chi connectivity index (χ4n) is 4.26. The molecule has 3 nitrogen and oxygen atoms in total. The van der Waals surface area contributed by atoms with Crippen molar-refractivity contribution >= 4 is 16.7 Å². The normalized spacial score (nSPS) is 15.7. The minimum atomic E-state index is -2.77. The molecule has 1 aliphatic rings. The number of nitriles is 3. The standard InChI is InChI=1S/C28H3F14N3/c1-5-15(29)17(31)12(18(32)16(5)30)6(2-43)9-10(7(3-44)13-19(33)23(37)27(41)24(38)20(13)34)11(9)8(4-45)14-21(35)25(39)28(42)26(40)22(14)36/h1H3/b9-6-,10-7?,11-8-. The van der Waals surface area contributed by atoms with Crippen LogP contribution in [0.4, 0.5) is 61.5 Å². The minimum Gasteiger partial charge on any atom is -0.203 e. The molecule has 0 heterocycles. The molecule has 1 fully saturated rings. The van der Waals surface area contributed by atoms with Crippen LogP contribution in [-0.4, -0.2) is 0 Å². The van der Waals surface area contributed by atoms with Crippen LogP contribution in [0.25, 0.3) is 16.7 Å². The molecule has 0 saturated heterocycles. The summed E-state index contributed by atoms with van der Waals surface area (Å²) in [5.74, 6) is -36.3. The van der Waals surface area contributed by atoms with Gasteiger partial charge in [-0.1, -0.05) is 0 Å². The summed E-state index contributed by atoms with van der Waals surface area (Å²) < 4.78 is 201. The molecular weight excluding hydrogens is 644 g/mol. The van der Waals surface area contributed by atoms with E-state index in [1.165, 1.54) is 0 Å². The van der Waals surface area contributed by atoms with Crippen LogP contribution in [0.15, 0.2) is 16.7 Å². The van der Waals surface area contributed by atoms with Crippen LogP contribution in [0.3, 0.4) is 0 Å². The Hall–Kier alpha value is -5.63. The molecule has 0 bridgehead atoms. The first-order valence-corrected chi connectivity index (χ1v) is 11.3. The second-order valence-corrected chi connectivity index (χ2v) is 8.73. The Balaban J connectivity index is 2.36. The van der Waals surface area contributed by atoms with E-state index in [0.717, 1.165) is 18.2 Å². The van der Waals surface area contributed by atoms with Crippen LogP contribution in [0.5, 0.6) is 0 Å². The summed E-state index contributed by atoms with van der Waals surface area (Å²) in [5.41, 5.74) is -17.2. The van der Waals surface area contributed by atoms with Crippen LogP contribution >= 0.6 is 0 Å². The lowest BCUT2D eigenvalue weighted by molar-refractivity contribution is 0.376. The Kier molecular flexibility index (Phi) is 7.99. The number of hydrogen-bond acceptors (Lipinski definition) is 3. The van der Waals surface area contributed by atoms with Crippen molar-refractivity contribution in [2.45, 2.75) is 6.92 Å². The third kappa shape index (κ3) is 4.49. The third-order valence-corrected chi connectivity index (χ3v) is 6.43. The average molecular weight is 647 g/mol. The Morgan fingerprint density at radius 2 is 0.511 bits per heavy atom.